The van der Waals surface area contributed by atoms with Crippen molar-refractivity contribution in [1.29, 1.82) is 0 Å². The van der Waals surface area contributed by atoms with E-state index in [0.29, 0.717) is 18.4 Å². The number of benzene rings is 1. The van der Waals surface area contributed by atoms with Crippen molar-refractivity contribution in [2.75, 3.05) is 6.54 Å². The van der Waals surface area contributed by atoms with Gasteiger partial charge in [0.25, 0.3) is 0 Å². The van der Waals surface area contributed by atoms with Crippen LogP contribution in [-0.2, 0) is 0 Å². The van der Waals surface area contributed by atoms with Gasteiger partial charge in [-0.15, -0.1) is 6.58 Å². The van der Waals surface area contributed by atoms with Crippen LogP contribution >= 0.6 is 15.9 Å². The van der Waals surface area contributed by atoms with Crippen LogP contribution in [0.15, 0.2) is 41.4 Å². The van der Waals surface area contributed by atoms with Crippen molar-refractivity contribution in [3.8, 4) is 0 Å². The summed E-state index contributed by atoms with van der Waals surface area (Å²) in [6, 6.07) is 8.27. The van der Waals surface area contributed by atoms with Gasteiger partial charge in [-0.1, -0.05) is 34.1 Å². The van der Waals surface area contributed by atoms with Crippen LogP contribution in [0, 0.1) is 11.1 Å². The molecule has 1 aliphatic heterocycles. The molecule has 1 heterocycles. The zero-order chi connectivity index (χ0) is 12.3. The number of hydrogen-bond donors (Lipinski definition) is 0. The predicted molar refractivity (Wildman–Crippen MR) is 74.4 cm³/mol. The summed E-state index contributed by atoms with van der Waals surface area (Å²) < 4.78 is 2.14. The van der Waals surface area contributed by atoms with Crippen LogP contribution in [0.3, 0.4) is 0 Å². The Hall–Kier alpha value is -1.09. The van der Waals surface area contributed by atoms with E-state index in [2.05, 4.69) is 34.6 Å². The van der Waals surface area contributed by atoms with Crippen LogP contribution in [0.1, 0.15) is 24.3 Å². The number of hydroxylamine groups is 1. The largest absolute Gasteiger partial charge is 0.624 e. The molecule has 0 fully saturated rings. The molecule has 17 heavy (non-hydrogen) atoms. The number of allylic oxidation sites excluding steroid dienone is 1. The molecule has 0 unspecified atom stereocenters. The van der Waals surface area contributed by atoms with Gasteiger partial charge in [0, 0.05) is 4.47 Å². The second kappa shape index (κ2) is 5.50. The summed E-state index contributed by atoms with van der Waals surface area (Å²) in [4.78, 5) is 0. The summed E-state index contributed by atoms with van der Waals surface area (Å²) in [6.45, 7) is 4.31. The first-order valence-corrected chi connectivity index (χ1v) is 6.65. The van der Waals surface area contributed by atoms with Crippen LogP contribution in [0.25, 0.3) is 0 Å². The lowest BCUT2D eigenvalue weighted by Crippen LogP contribution is -2.12. The van der Waals surface area contributed by atoms with Crippen molar-refractivity contribution in [3.63, 3.8) is 0 Å². The van der Waals surface area contributed by atoms with Crippen molar-refractivity contribution >= 4 is 22.1 Å². The number of nitrogens with zero attached hydrogens (tertiary/aromatic N) is 1. The van der Waals surface area contributed by atoms with Gasteiger partial charge in [-0.05, 0) is 30.5 Å². The molecule has 2 atom stereocenters. The average molecular weight is 294 g/mol. The van der Waals surface area contributed by atoms with E-state index in [1.807, 2.05) is 24.4 Å². The van der Waals surface area contributed by atoms with Crippen molar-refractivity contribution in [2.45, 2.75) is 18.8 Å². The molecule has 1 aliphatic rings. The van der Waals surface area contributed by atoms with Gasteiger partial charge in [0.2, 0.25) is 0 Å². The van der Waals surface area contributed by atoms with Gasteiger partial charge in [-0.25, -0.2) is 4.74 Å². The van der Waals surface area contributed by atoms with Crippen molar-refractivity contribution in [2.24, 2.45) is 5.92 Å². The zero-order valence-corrected chi connectivity index (χ0v) is 11.3. The van der Waals surface area contributed by atoms with Crippen LogP contribution in [0.2, 0.25) is 0 Å². The maximum absolute atomic E-state index is 11.5. The molecule has 0 aliphatic carbocycles. The molecule has 0 bridgehead atoms. The molecule has 90 valence electrons. The van der Waals surface area contributed by atoms with E-state index >= 15 is 0 Å². The van der Waals surface area contributed by atoms with E-state index in [0.717, 1.165) is 22.1 Å². The van der Waals surface area contributed by atoms with Crippen LogP contribution < -0.4 is 0 Å². The van der Waals surface area contributed by atoms with Crippen molar-refractivity contribution < 1.29 is 4.74 Å². The van der Waals surface area contributed by atoms with Gasteiger partial charge in [-0.2, -0.15) is 0 Å². The molecule has 2 nitrogen and oxygen atoms in total. The molecule has 1 aromatic carbocycles. The Balaban J connectivity index is 2.14. The number of rotatable bonds is 4. The van der Waals surface area contributed by atoms with E-state index in [9.17, 15) is 5.21 Å². The van der Waals surface area contributed by atoms with Gasteiger partial charge in [0.1, 0.15) is 0 Å². The van der Waals surface area contributed by atoms with Gasteiger partial charge >= 0.3 is 0 Å². The van der Waals surface area contributed by atoms with E-state index < -0.39 is 0 Å². The third-order valence-electron chi connectivity index (χ3n) is 3.25. The Kier molecular flexibility index (Phi) is 4.00. The first-order valence-electron chi connectivity index (χ1n) is 5.86. The minimum absolute atomic E-state index is 0.320. The highest BCUT2D eigenvalue weighted by Crippen LogP contribution is 2.31. The molecule has 0 amide bonds. The molecular formula is C14H16BrNO. The SMILES string of the molecule is C=CCC[C@H]1C=[N+]([O-])C[C@@H]1c1ccc(Br)cc1. The van der Waals surface area contributed by atoms with Crippen LogP contribution in [0.5, 0.6) is 0 Å². The maximum atomic E-state index is 11.5. The Morgan fingerprint density at radius 1 is 1.41 bits per heavy atom. The molecule has 1 aromatic rings. The highest BCUT2D eigenvalue weighted by atomic mass is 79.9. The second-order valence-electron chi connectivity index (χ2n) is 4.44. The fraction of sp³-hybridized carbons (Fsp3) is 0.357. The minimum atomic E-state index is 0.320. The standard InChI is InChI=1S/C14H16BrNO/c1-2-3-4-12-9-16(17)10-14(12)11-5-7-13(15)8-6-11/h2,5-9,12,14H,1,3-4,10H2/t12-,14+/m0/s1. The van der Waals surface area contributed by atoms with Gasteiger partial charge in [0.05, 0.1) is 11.8 Å². The average Bonchev–Trinajstić information content (AvgIpc) is 2.69. The Morgan fingerprint density at radius 2 is 2.12 bits per heavy atom. The van der Waals surface area contributed by atoms with E-state index in [1.165, 1.54) is 5.56 Å². The Labute approximate surface area is 110 Å². The molecule has 0 saturated carbocycles. The van der Waals surface area contributed by atoms with Crippen LogP contribution in [-0.4, -0.2) is 17.5 Å². The van der Waals surface area contributed by atoms with Crippen LogP contribution in [0.4, 0.5) is 0 Å². The lowest BCUT2D eigenvalue weighted by atomic mass is 9.86. The predicted octanol–water partition coefficient (Wildman–Crippen LogP) is 3.71. The molecule has 3 heteroatoms. The fourth-order valence-electron chi connectivity index (χ4n) is 2.36. The first-order chi connectivity index (χ1) is 8.20. The van der Waals surface area contributed by atoms with Gasteiger partial charge < -0.3 is 5.21 Å². The molecular weight excluding hydrogens is 278 g/mol. The lowest BCUT2D eigenvalue weighted by Gasteiger charge is -2.14. The van der Waals surface area contributed by atoms with E-state index in [1.54, 1.807) is 0 Å². The topological polar surface area (TPSA) is 26.1 Å². The first kappa shape index (κ1) is 12.4. The quantitative estimate of drug-likeness (QED) is 0.472. The highest BCUT2D eigenvalue weighted by molar-refractivity contribution is 9.10. The summed E-state index contributed by atoms with van der Waals surface area (Å²) in [5.41, 5.74) is 1.25. The van der Waals surface area contributed by atoms with Gasteiger partial charge in [-0.3, -0.25) is 0 Å². The third kappa shape index (κ3) is 2.97. The van der Waals surface area contributed by atoms with Crippen molar-refractivity contribution in [3.05, 3.63) is 52.2 Å². The smallest absolute Gasteiger partial charge is 0.160 e. The monoisotopic (exact) mass is 293 g/mol. The zero-order valence-electron chi connectivity index (χ0n) is 9.68. The Bertz CT molecular complexity index is 424. The molecule has 0 N–H and O–H groups in total. The normalized spacial score (nSPS) is 23.5. The third-order valence-corrected chi connectivity index (χ3v) is 3.78. The number of halogens is 1. The molecule has 0 spiro atoms. The van der Waals surface area contributed by atoms with E-state index in [4.69, 9.17) is 0 Å². The molecule has 2 rings (SSSR count). The highest BCUT2D eigenvalue weighted by Gasteiger charge is 2.32. The summed E-state index contributed by atoms with van der Waals surface area (Å²) in [7, 11) is 0. The molecule has 0 saturated heterocycles. The van der Waals surface area contributed by atoms with Gasteiger partial charge in [0.15, 0.2) is 12.8 Å². The van der Waals surface area contributed by atoms with E-state index in [-0.39, 0.29) is 0 Å². The minimum Gasteiger partial charge on any atom is -0.624 e. The number of hydrogen-bond acceptors (Lipinski definition) is 1. The summed E-state index contributed by atoms with van der Waals surface area (Å²) in [5.74, 6) is 0.659. The summed E-state index contributed by atoms with van der Waals surface area (Å²) >= 11 is 3.43. The lowest BCUT2D eigenvalue weighted by molar-refractivity contribution is -0.446. The molecule has 0 radical (unpaired) electrons. The maximum Gasteiger partial charge on any atom is 0.160 e. The second-order valence-corrected chi connectivity index (χ2v) is 5.35. The van der Waals surface area contributed by atoms with Crippen molar-refractivity contribution in [1.82, 2.24) is 0 Å². The Morgan fingerprint density at radius 3 is 2.76 bits per heavy atom. The fourth-order valence-corrected chi connectivity index (χ4v) is 2.62. The molecule has 0 aromatic heterocycles. The summed E-state index contributed by atoms with van der Waals surface area (Å²) in [5, 5.41) is 11.5. The summed E-state index contributed by atoms with van der Waals surface area (Å²) in [6.07, 6.45) is 5.70.